The van der Waals surface area contributed by atoms with Gasteiger partial charge in [0.05, 0.1) is 11.1 Å². The van der Waals surface area contributed by atoms with E-state index in [0.29, 0.717) is 5.75 Å². The van der Waals surface area contributed by atoms with E-state index in [1.54, 1.807) is 6.07 Å². The summed E-state index contributed by atoms with van der Waals surface area (Å²) in [5.41, 5.74) is 0.959. The standard InChI is InChI=1S/C19H15F3O4/c1-10-5-3-6-11(2)16(10)25-14-7-4-8-15-12(14)9-13(18(23)24)17(26-15)19(20,21)22/h3-9,17H,1-2H3,(H,23,24). The number of aliphatic carboxylic acids is 1. The molecule has 2 aromatic carbocycles. The molecular weight excluding hydrogens is 349 g/mol. The van der Waals surface area contributed by atoms with Crippen LogP contribution in [0.4, 0.5) is 13.2 Å². The second-order valence-electron chi connectivity index (χ2n) is 5.94. The van der Waals surface area contributed by atoms with Gasteiger partial charge >= 0.3 is 12.1 Å². The van der Waals surface area contributed by atoms with Gasteiger partial charge in [-0.1, -0.05) is 24.3 Å². The predicted octanol–water partition coefficient (Wildman–Crippen LogP) is 4.89. The van der Waals surface area contributed by atoms with Gasteiger partial charge in [0, 0.05) is 0 Å². The Morgan fingerprint density at radius 2 is 1.73 bits per heavy atom. The minimum Gasteiger partial charge on any atom is -0.478 e. The minimum atomic E-state index is -4.84. The zero-order valence-electron chi connectivity index (χ0n) is 13.9. The number of halogens is 3. The molecule has 3 rings (SSSR count). The van der Waals surface area contributed by atoms with Crippen molar-refractivity contribution in [2.45, 2.75) is 26.1 Å². The minimum absolute atomic E-state index is 0.0823. The number of carboxylic acids is 1. The third-order valence-corrected chi connectivity index (χ3v) is 4.02. The van der Waals surface area contributed by atoms with Gasteiger partial charge in [0.15, 0.2) is 0 Å². The first-order chi connectivity index (χ1) is 12.2. The number of alkyl halides is 3. The summed E-state index contributed by atoms with van der Waals surface area (Å²) in [6.07, 6.45) is -6.41. The van der Waals surface area contributed by atoms with Crippen molar-refractivity contribution in [2.24, 2.45) is 0 Å². The molecule has 1 heterocycles. The van der Waals surface area contributed by atoms with Gasteiger partial charge < -0.3 is 14.6 Å². The molecule has 0 saturated carbocycles. The zero-order valence-corrected chi connectivity index (χ0v) is 13.9. The Bertz CT molecular complexity index is 880. The van der Waals surface area contributed by atoms with E-state index in [-0.39, 0.29) is 17.1 Å². The summed E-state index contributed by atoms with van der Waals surface area (Å²) in [6.45, 7) is 3.68. The molecule has 1 N–H and O–H groups in total. The highest BCUT2D eigenvalue weighted by Crippen LogP contribution is 2.42. The van der Waals surface area contributed by atoms with Crippen LogP contribution in [0.25, 0.3) is 6.08 Å². The van der Waals surface area contributed by atoms with Crippen molar-refractivity contribution in [3.63, 3.8) is 0 Å². The number of rotatable bonds is 3. The second-order valence-corrected chi connectivity index (χ2v) is 5.94. The smallest absolute Gasteiger partial charge is 0.430 e. The molecule has 0 fully saturated rings. The number of carbonyl (C=O) groups is 1. The number of ether oxygens (including phenoxy) is 2. The van der Waals surface area contributed by atoms with Crippen LogP contribution in [0.3, 0.4) is 0 Å². The maximum atomic E-state index is 13.1. The van der Waals surface area contributed by atoms with Crippen molar-refractivity contribution in [1.82, 2.24) is 0 Å². The van der Waals surface area contributed by atoms with Gasteiger partial charge in [-0.3, -0.25) is 0 Å². The normalized spacial score (nSPS) is 16.3. The molecule has 1 atom stereocenters. The van der Waals surface area contributed by atoms with Crippen LogP contribution in [-0.4, -0.2) is 23.4 Å². The lowest BCUT2D eigenvalue weighted by Gasteiger charge is -2.28. The van der Waals surface area contributed by atoms with Gasteiger partial charge in [-0.15, -0.1) is 0 Å². The fourth-order valence-corrected chi connectivity index (χ4v) is 2.77. The van der Waals surface area contributed by atoms with E-state index in [0.717, 1.165) is 17.2 Å². The second kappa shape index (κ2) is 6.40. The number of hydrogen-bond donors (Lipinski definition) is 1. The largest absolute Gasteiger partial charge is 0.478 e. The summed E-state index contributed by atoms with van der Waals surface area (Å²) in [5.74, 6) is -0.996. The SMILES string of the molecule is Cc1cccc(C)c1Oc1cccc2c1C=C(C(=O)O)C(C(F)(F)F)O2. The van der Waals surface area contributed by atoms with Crippen molar-refractivity contribution < 1.29 is 32.5 Å². The maximum absolute atomic E-state index is 13.1. The lowest BCUT2D eigenvalue weighted by molar-refractivity contribution is -0.187. The van der Waals surface area contributed by atoms with Crippen LogP contribution in [-0.2, 0) is 4.79 Å². The van der Waals surface area contributed by atoms with E-state index < -0.39 is 23.8 Å². The highest BCUT2D eigenvalue weighted by atomic mass is 19.4. The Labute approximate surface area is 147 Å². The molecule has 0 aliphatic carbocycles. The summed E-state index contributed by atoms with van der Waals surface area (Å²) in [4.78, 5) is 11.3. The quantitative estimate of drug-likeness (QED) is 0.843. The van der Waals surface area contributed by atoms with Crippen molar-refractivity contribution in [2.75, 3.05) is 0 Å². The molecule has 136 valence electrons. The van der Waals surface area contributed by atoms with Gasteiger partial charge in [0.25, 0.3) is 0 Å². The van der Waals surface area contributed by atoms with E-state index in [2.05, 4.69) is 0 Å². The number of hydrogen-bond acceptors (Lipinski definition) is 3. The number of fused-ring (bicyclic) bond motifs is 1. The average molecular weight is 364 g/mol. The molecule has 26 heavy (non-hydrogen) atoms. The molecule has 1 unspecified atom stereocenters. The van der Waals surface area contributed by atoms with Crippen LogP contribution in [0.15, 0.2) is 42.0 Å². The van der Waals surface area contributed by atoms with Crippen LogP contribution in [0.5, 0.6) is 17.2 Å². The molecule has 0 saturated heterocycles. The van der Waals surface area contributed by atoms with Gasteiger partial charge in [-0.05, 0) is 43.2 Å². The van der Waals surface area contributed by atoms with Crippen molar-refractivity contribution in [3.05, 3.63) is 58.7 Å². The summed E-state index contributed by atoms with van der Waals surface area (Å²) in [6, 6.07) is 9.93. The Kier molecular flexibility index (Phi) is 4.39. The van der Waals surface area contributed by atoms with Crippen LogP contribution in [0.2, 0.25) is 0 Å². The first kappa shape index (κ1) is 17.8. The summed E-state index contributed by atoms with van der Waals surface area (Å²) >= 11 is 0. The molecular formula is C19H15F3O4. The van der Waals surface area contributed by atoms with Crippen LogP contribution >= 0.6 is 0 Å². The van der Waals surface area contributed by atoms with Gasteiger partial charge in [0.2, 0.25) is 6.10 Å². The first-order valence-electron chi connectivity index (χ1n) is 7.74. The molecule has 4 nitrogen and oxygen atoms in total. The predicted molar refractivity (Wildman–Crippen MR) is 88.5 cm³/mol. The Hall–Kier alpha value is -2.96. The molecule has 0 bridgehead atoms. The van der Waals surface area contributed by atoms with E-state index in [1.807, 2.05) is 32.0 Å². The molecule has 0 radical (unpaired) electrons. The first-order valence-corrected chi connectivity index (χ1v) is 7.74. The zero-order chi connectivity index (χ0) is 19.1. The highest BCUT2D eigenvalue weighted by molar-refractivity contribution is 5.95. The highest BCUT2D eigenvalue weighted by Gasteiger charge is 2.48. The average Bonchev–Trinajstić information content (AvgIpc) is 2.56. The number of benzene rings is 2. The van der Waals surface area contributed by atoms with E-state index in [4.69, 9.17) is 9.47 Å². The number of para-hydroxylation sites is 1. The van der Waals surface area contributed by atoms with Crippen LogP contribution < -0.4 is 9.47 Å². The Morgan fingerprint density at radius 3 is 2.31 bits per heavy atom. The van der Waals surface area contributed by atoms with Crippen molar-refractivity contribution >= 4 is 12.0 Å². The number of carboxylic acid groups (broad SMARTS) is 1. The topological polar surface area (TPSA) is 55.8 Å². The lowest BCUT2D eigenvalue weighted by Crippen LogP contribution is -2.40. The molecule has 1 aliphatic rings. The molecule has 2 aromatic rings. The van der Waals surface area contributed by atoms with E-state index in [9.17, 15) is 23.1 Å². The van der Waals surface area contributed by atoms with Crippen molar-refractivity contribution in [3.8, 4) is 17.2 Å². The van der Waals surface area contributed by atoms with Gasteiger partial charge in [-0.2, -0.15) is 13.2 Å². The fraction of sp³-hybridized carbons (Fsp3) is 0.211. The maximum Gasteiger partial charge on any atom is 0.430 e. The van der Waals surface area contributed by atoms with E-state index >= 15 is 0 Å². The van der Waals surface area contributed by atoms with Crippen LogP contribution in [0, 0.1) is 13.8 Å². The molecule has 0 amide bonds. The third-order valence-electron chi connectivity index (χ3n) is 4.02. The summed E-state index contributed by atoms with van der Waals surface area (Å²) in [7, 11) is 0. The Morgan fingerprint density at radius 1 is 1.12 bits per heavy atom. The molecule has 0 spiro atoms. The summed E-state index contributed by atoms with van der Waals surface area (Å²) in [5, 5.41) is 9.18. The monoisotopic (exact) mass is 364 g/mol. The summed E-state index contributed by atoms with van der Waals surface area (Å²) < 4.78 is 50.3. The van der Waals surface area contributed by atoms with E-state index in [1.165, 1.54) is 12.1 Å². The van der Waals surface area contributed by atoms with Crippen LogP contribution in [0.1, 0.15) is 16.7 Å². The molecule has 7 heteroatoms. The Balaban J connectivity index is 2.09. The van der Waals surface area contributed by atoms with Crippen molar-refractivity contribution in [1.29, 1.82) is 0 Å². The molecule has 1 aliphatic heterocycles. The lowest BCUT2D eigenvalue weighted by atomic mass is 10.0. The number of aryl methyl sites for hydroxylation is 2. The third kappa shape index (κ3) is 3.24. The van der Waals surface area contributed by atoms with Gasteiger partial charge in [0.1, 0.15) is 17.2 Å². The van der Waals surface area contributed by atoms with Gasteiger partial charge in [-0.25, -0.2) is 4.79 Å². The molecule has 0 aromatic heterocycles. The fourth-order valence-electron chi connectivity index (χ4n) is 2.77.